The Morgan fingerprint density at radius 1 is 1.15 bits per heavy atom. The molecule has 0 aromatic heterocycles. The molecule has 2 aromatic rings. The van der Waals surface area contributed by atoms with Crippen LogP contribution in [0.2, 0.25) is 0 Å². The highest BCUT2D eigenvalue weighted by atomic mass is 32.2. The monoisotopic (exact) mass is 370 g/mol. The molecule has 0 aliphatic carbocycles. The number of carbonyl (C=O) groups excluding carboxylic acids is 3. The molecule has 1 heterocycles. The normalized spacial score (nSPS) is 15.6. The number of hydrogen-bond donors (Lipinski definition) is 1. The molecule has 0 bridgehead atoms. The van der Waals surface area contributed by atoms with E-state index in [9.17, 15) is 18.8 Å². The number of thioether (sulfide) groups is 1. The molecule has 0 radical (unpaired) electrons. The summed E-state index contributed by atoms with van der Waals surface area (Å²) in [6.45, 7) is 1.32. The van der Waals surface area contributed by atoms with E-state index in [1.165, 1.54) is 13.0 Å². The van der Waals surface area contributed by atoms with Crippen LogP contribution in [0.5, 0.6) is 0 Å². The smallest absolute Gasteiger partial charge is 0.293 e. The molecule has 5 nitrogen and oxygen atoms in total. The first kappa shape index (κ1) is 17.9. The molecule has 0 atom stereocenters. The van der Waals surface area contributed by atoms with Crippen molar-refractivity contribution in [2.24, 2.45) is 0 Å². The number of benzene rings is 2. The molecule has 1 saturated heterocycles. The number of hydrogen-bond acceptors (Lipinski definition) is 4. The first-order chi connectivity index (χ1) is 12.4. The van der Waals surface area contributed by atoms with E-state index in [4.69, 9.17) is 0 Å². The summed E-state index contributed by atoms with van der Waals surface area (Å²) < 4.78 is 13.8. The molecule has 1 fully saturated rings. The van der Waals surface area contributed by atoms with Crippen molar-refractivity contribution >= 4 is 40.6 Å². The third-order valence-electron chi connectivity index (χ3n) is 3.69. The highest BCUT2D eigenvalue weighted by molar-refractivity contribution is 8.18. The molecule has 3 amide bonds. The lowest BCUT2D eigenvalue weighted by Gasteiger charge is -2.12. The summed E-state index contributed by atoms with van der Waals surface area (Å²) in [4.78, 5) is 36.9. The molecule has 1 aliphatic rings. The summed E-state index contributed by atoms with van der Waals surface area (Å²) in [7, 11) is 0. The zero-order chi connectivity index (χ0) is 18.7. The van der Waals surface area contributed by atoms with Gasteiger partial charge in [-0.3, -0.25) is 19.3 Å². The van der Waals surface area contributed by atoms with Crippen molar-refractivity contribution in [1.29, 1.82) is 0 Å². The Bertz CT molecular complexity index is 909. The van der Waals surface area contributed by atoms with Crippen molar-refractivity contribution in [3.63, 3.8) is 0 Å². The number of anilines is 1. The number of amides is 3. The van der Waals surface area contributed by atoms with Crippen LogP contribution in [0.3, 0.4) is 0 Å². The van der Waals surface area contributed by atoms with Crippen LogP contribution in [0, 0.1) is 5.82 Å². The largest absolute Gasteiger partial charge is 0.326 e. The maximum atomic E-state index is 13.8. The molecule has 26 heavy (non-hydrogen) atoms. The zero-order valence-electron chi connectivity index (χ0n) is 13.9. The highest BCUT2D eigenvalue weighted by Crippen LogP contribution is 2.33. The second-order valence-corrected chi connectivity index (χ2v) is 6.66. The predicted octanol–water partition coefficient (Wildman–Crippen LogP) is 4.02. The molecule has 0 spiro atoms. The van der Waals surface area contributed by atoms with Crippen LogP contribution in [0.1, 0.15) is 18.1 Å². The average Bonchev–Trinajstić information content (AvgIpc) is 2.85. The summed E-state index contributed by atoms with van der Waals surface area (Å²) >= 11 is 0.823. The lowest BCUT2D eigenvalue weighted by atomic mass is 10.1. The van der Waals surface area contributed by atoms with Crippen molar-refractivity contribution in [2.45, 2.75) is 13.5 Å². The molecule has 0 unspecified atom stereocenters. The zero-order valence-corrected chi connectivity index (χ0v) is 14.7. The molecule has 0 saturated carbocycles. The summed E-state index contributed by atoms with van der Waals surface area (Å²) in [6, 6.07) is 12.9. The molecule has 1 N–H and O–H groups in total. The number of nitrogens with zero attached hydrogens (tertiary/aromatic N) is 1. The summed E-state index contributed by atoms with van der Waals surface area (Å²) in [6.07, 6.45) is 1.60. The first-order valence-electron chi connectivity index (χ1n) is 7.80. The minimum absolute atomic E-state index is 0.101. The molecule has 2 aromatic carbocycles. The standard InChI is InChI=1S/C19H15FN2O3S/c1-12(23)21-15-8-6-13(7-9-15)10-17-18(24)22(19(25)26-17)11-14-4-2-3-5-16(14)20/h2-10H,11H2,1H3,(H,21,23). The van der Waals surface area contributed by atoms with Crippen LogP contribution in [-0.4, -0.2) is 22.0 Å². The van der Waals surface area contributed by atoms with E-state index in [1.54, 1.807) is 48.5 Å². The van der Waals surface area contributed by atoms with Crippen molar-refractivity contribution < 1.29 is 18.8 Å². The van der Waals surface area contributed by atoms with Crippen LogP contribution in [0.4, 0.5) is 14.9 Å². The maximum absolute atomic E-state index is 13.8. The number of imide groups is 1. The van der Waals surface area contributed by atoms with Crippen LogP contribution in [0.15, 0.2) is 53.4 Å². The Hall–Kier alpha value is -2.93. The van der Waals surface area contributed by atoms with Crippen LogP contribution in [-0.2, 0) is 16.1 Å². The van der Waals surface area contributed by atoms with E-state index in [0.717, 1.165) is 22.2 Å². The van der Waals surface area contributed by atoms with Crippen LogP contribution in [0.25, 0.3) is 6.08 Å². The first-order valence-corrected chi connectivity index (χ1v) is 8.62. The third-order valence-corrected chi connectivity index (χ3v) is 4.60. The molecular formula is C19H15FN2O3S. The number of carbonyl (C=O) groups is 3. The molecular weight excluding hydrogens is 355 g/mol. The topological polar surface area (TPSA) is 66.5 Å². The Morgan fingerprint density at radius 2 is 1.85 bits per heavy atom. The predicted molar refractivity (Wildman–Crippen MR) is 98.7 cm³/mol. The fraction of sp³-hybridized carbons (Fsp3) is 0.105. The van der Waals surface area contributed by atoms with E-state index in [-0.39, 0.29) is 22.9 Å². The molecule has 3 rings (SSSR count). The Kier molecular flexibility index (Phi) is 5.18. The van der Waals surface area contributed by atoms with E-state index in [1.807, 2.05) is 0 Å². The third kappa shape index (κ3) is 4.00. The minimum atomic E-state index is -0.455. The van der Waals surface area contributed by atoms with Gasteiger partial charge in [0.2, 0.25) is 5.91 Å². The Labute approximate surface area is 153 Å². The van der Waals surface area contributed by atoms with Crippen molar-refractivity contribution in [3.05, 3.63) is 70.4 Å². The molecule has 1 aliphatic heterocycles. The van der Waals surface area contributed by atoms with Gasteiger partial charge < -0.3 is 5.32 Å². The minimum Gasteiger partial charge on any atom is -0.326 e. The summed E-state index contributed by atoms with van der Waals surface area (Å²) in [5, 5.41) is 2.22. The molecule has 7 heteroatoms. The van der Waals surface area contributed by atoms with Gasteiger partial charge in [0.05, 0.1) is 11.4 Å². The van der Waals surface area contributed by atoms with E-state index < -0.39 is 17.0 Å². The maximum Gasteiger partial charge on any atom is 0.293 e. The highest BCUT2D eigenvalue weighted by Gasteiger charge is 2.35. The Balaban J connectivity index is 1.76. The van der Waals surface area contributed by atoms with Gasteiger partial charge in [-0.05, 0) is 41.6 Å². The van der Waals surface area contributed by atoms with Gasteiger partial charge in [0.15, 0.2) is 0 Å². The van der Waals surface area contributed by atoms with E-state index in [0.29, 0.717) is 5.69 Å². The van der Waals surface area contributed by atoms with Crippen LogP contribution >= 0.6 is 11.8 Å². The molecule has 132 valence electrons. The van der Waals surface area contributed by atoms with Gasteiger partial charge >= 0.3 is 0 Å². The van der Waals surface area contributed by atoms with Crippen LogP contribution < -0.4 is 5.32 Å². The second-order valence-electron chi connectivity index (χ2n) is 5.66. The fourth-order valence-electron chi connectivity index (χ4n) is 2.45. The average molecular weight is 370 g/mol. The summed E-state index contributed by atoms with van der Waals surface area (Å²) in [5.41, 5.74) is 1.65. The number of rotatable bonds is 4. The van der Waals surface area contributed by atoms with Crippen molar-refractivity contribution in [3.8, 4) is 0 Å². The fourth-order valence-corrected chi connectivity index (χ4v) is 3.29. The van der Waals surface area contributed by atoms with Gasteiger partial charge in [0, 0.05) is 18.2 Å². The Morgan fingerprint density at radius 3 is 2.50 bits per heavy atom. The lowest BCUT2D eigenvalue weighted by Crippen LogP contribution is -2.27. The second kappa shape index (κ2) is 7.53. The van der Waals surface area contributed by atoms with Gasteiger partial charge in [-0.15, -0.1) is 0 Å². The number of halogens is 1. The van der Waals surface area contributed by atoms with Crippen molar-refractivity contribution in [2.75, 3.05) is 5.32 Å². The summed E-state index contributed by atoms with van der Waals surface area (Å²) in [5.74, 6) is -1.08. The van der Waals surface area contributed by atoms with Gasteiger partial charge in [-0.1, -0.05) is 30.3 Å². The van der Waals surface area contributed by atoms with Gasteiger partial charge in [-0.2, -0.15) is 0 Å². The van der Waals surface area contributed by atoms with Crippen molar-refractivity contribution in [1.82, 2.24) is 4.90 Å². The quantitative estimate of drug-likeness (QED) is 0.826. The van der Waals surface area contributed by atoms with E-state index >= 15 is 0 Å². The lowest BCUT2D eigenvalue weighted by molar-refractivity contribution is -0.123. The SMILES string of the molecule is CC(=O)Nc1ccc(C=C2SC(=O)N(Cc3ccccc3F)C2=O)cc1. The van der Waals surface area contributed by atoms with E-state index in [2.05, 4.69) is 5.32 Å². The van der Waals surface area contributed by atoms with Gasteiger partial charge in [0.25, 0.3) is 11.1 Å². The van der Waals surface area contributed by atoms with Gasteiger partial charge in [-0.25, -0.2) is 4.39 Å². The number of nitrogens with one attached hydrogen (secondary N) is 1. The van der Waals surface area contributed by atoms with Gasteiger partial charge in [0.1, 0.15) is 5.82 Å².